The van der Waals surface area contributed by atoms with Gasteiger partial charge in [-0.2, -0.15) is 0 Å². The third-order valence-corrected chi connectivity index (χ3v) is 6.46. The minimum absolute atomic E-state index is 0.211. The van der Waals surface area contributed by atoms with E-state index in [1.807, 2.05) is 12.1 Å². The Labute approximate surface area is 198 Å². The number of para-hydroxylation sites is 1. The van der Waals surface area contributed by atoms with Gasteiger partial charge < -0.3 is 60.0 Å². The summed E-state index contributed by atoms with van der Waals surface area (Å²) in [4.78, 5) is 15.5. The fourth-order valence-electron chi connectivity index (χ4n) is 4.44. The standard InChI is InChI=1S/C22H29NO12/c24-7-11-13(26)14(27)19(32)22(33-11)35-21-17(30)15(28)20(16(29)18(21)31)34-12(25)5-8-6-23-10-4-2-1-3-9(8)10/h1-4,6,11,13-24,26-32H,5,7H2/t11-,13+,14+,15-,16+,17-,18+,19-,20?,21?,22+/m1/s1. The zero-order valence-corrected chi connectivity index (χ0v) is 18.4. The summed E-state index contributed by atoms with van der Waals surface area (Å²) in [7, 11) is 0. The van der Waals surface area contributed by atoms with Crippen molar-refractivity contribution in [3.63, 3.8) is 0 Å². The van der Waals surface area contributed by atoms with Gasteiger partial charge in [0.1, 0.15) is 54.9 Å². The number of nitrogens with one attached hydrogen (secondary N) is 1. The molecular weight excluding hydrogens is 470 g/mol. The Morgan fingerprint density at radius 2 is 1.49 bits per heavy atom. The Morgan fingerprint density at radius 1 is 0.857 bits per heavy atom. The summed E-state index contributed by atoms with van der Waals surface area (Å²) in [6, 6.07) is 7.23. The van der Waals surface area contributed by atoms with E-state index in [0.29, 0.717) is 5.56 Å². The molecule has 13 heteroatoms. The second-order valence-electron chi connectivity index (χ2n) is 8.75. The van der Waals surface area contributed by atoms with Gasteiger partial charge >= 0.3 is 5.97 Å². The van der Waals surface area contributed by atoms with E-state index in [4.69, 9.17) is 14.2 Å². The van der Waals surface area contributed by atoms with E-state index in [1.165, 1.54) is 0 Å². The summed E-state index contributed by atoms with van der Waals surface area (Å²) >= 11 is 0. The van der Waals surface area contributed by atoms with Gasteiger partial charge in [-0.15, -0.1) is 0 Å². The molecule has 0 radical (unpaired) electrons. The number of hydrogen-bond donors (Lipinski definition) is 9. The first-order valence-electron chi connectivity index (χ1n) is 11.1. The molecule has 0 bridgehead atoms. The molecule has 35 heavy (non-hydrogen) atoms. The molecule has 11 atom stereocenters. The smallest absolute Gasteiger partial charge is 0.310 e. The van der Waals surface area contributed by atoms with E-state index >= 15 is 0 Å². The topological polar surface area (TPSA) is 222 Å². The SMILES string of the molecule is O=C(Cc1c[nH]c2ccccc12)OC1[C@@H](O)[C@H](O)C(O[C@@H]2O[C@H](CO)[C@H](O)[C@H](O)[C@H]2O)[C@H](O)[C@H]1O. The van der Waals surface area contributed by atoms with Gasteiger partial charge in [0.05, 0.1) is 13.0 Å². The molecule has 194 valence electrons. The molecule has 2 aliphatic rings. The van der Waals surface area contributed by atoms with Crippen LogP contribution in [0.5, 0.6) is 0 Å². The maximum absolute atomic E-state index is 12.5. The summed E-state index contributed by atoms with van der Waals surface area (Å²) < 4.78 is 15.7. The molecule has 1 aromatic carbocycles. The van der Waals surface area contributed by atoms with Crippen molar-refractivity contribution in [3.8, 4) is 0 Å². The lowest BCUT2D eigenvalue weighted by molar-refractivity contribution is -0.339. The van der Waals surface area contributed by atoms with Crippen LogP contribution in [-0.2, 0) is 25.4 Å². The number of aliphatic hydroxyl groups excluding tert-OH is 8. The van der Waals surface area contributed by atoms with E-state index in [9.17, 15) is 45.6 Å². The van der Waals surface area contributed by atoms with Crippen molar-refractivity contribution in [3.05, 3.63) is 36.0 Å². The van der Waals surface area contributed by atoms with Gasteiger partial charge in [-0.3, -0.25) is 4.79 Å². The first kappa shape index (κ1) is 25.9. The number of benzene rings is 1. The maximum atomic E-state index is 12.5. The molecule has 2 aromatic rings. The molecule has 0 amide bonds. The van der Waals surface area contributed by atoms with Gasteiger partial charge in [-0.25, -0.2) is 0 Å². The predicted octanol–water partition coefficient (Wildman–Crippen LogP) is -3.74. The van der Waals surface area contributed by atoms with E-state index in [2.05, 4.69) is 4.98 Å². The highest BCUT2D eigenvalue weighted by atomic mass is 16.7. The first-order valence-corrected chi connectivity index (χ1v) is 11.1. The highest BCUT2D eigenvalue weighted by Crippen LogP contribution is 2.30. The number of carbonyl (C=O) groups excluding carboxylic acids is 1. The van der Waals surface area contributed by atoms with Crippen LogP contribution >= 0.6 is 0 Å². The first-order chi connectivity index (χ1) is 16.6. The molecule has 4 rings (SSSR count). The monoisotopic (exact) mass is 499 g/mol. The van der Waals surface area contributed by atoms with Crippen LogP contribution in [0.4, 0.5) is 0 Å². The lowest BCUT2D eigenvalue weighted by Gasteiger charge is -2.46. The number of carbonyl (C=O) groups is 1. The van der Waals surface area contributed by atoms with Gasteiger partial charge in [0.2, 0.25) is 0 Å². The van der Waals surface area contributed by atoms with Crippen LogP contribution in [0.1, 0.15) is 5.56 Å². The van der Waals surface area contributed by atoms with Gasteiger partial charge in [-0.1, -0.05) is 18.2 Å². The number of H-pyrrole nitrogens is 1. The van der Waals surface area contributed by atoms with Crippen molar-refractivity contribution in [2.45, 2.75) is 73.8 Å². The van der Waals surface area contributed by atoms with Gasteiger partial charge in [-0.05, 0) is 11.6 Å². The van der Waals surface area contributed by atoms with Crippen molar-refractivity contribution in [1.82, 2.24) is 4.98 Å². The number of hydrogen-bond acceptors (Lipinski definition) is 12. The van der Waals surface area contributed by atoms with Crippen molar-refractivity contribution < 1.29 is 59.9 Å². The van der Waals surface area contributed by atoms with Crippen LogP contribution in [0.25, 0.3) is 10.9 Å². The lowest BCUT2D eigenvalue weighted by atomic mass is 9.84. The minimum atomic E-state index is -1.91. The molecule has 13 nitrogen and oxygen atoms in total. The van der Waals surface area contributed by atoms with Gasteiger partial charge in [0.15, 0.2) is 12.4 Å². The van der Waals surface area contributed by atoms with Crippen molar-refractivity contribution >= 4 is 16.9 Å². The van der Waals surface area contributed by atoms with Crippen molar-refractivity contribution in [2.24, 2.45) is 0 Å². The molecule has 2 heterocycles. The molecule has 1 saturated carbocycles. The zero-order valence-electron chi connectivity index (χ0n) is 18.4. The second-order valence-corrected chi connectivity index (χ2v) is 8.75. The molecule has 1 aliphatic heterocycles. The van der Waals surface area contributed by atoms with Crippen LogP contribution in [-0.4, -0.2) is 126 Å². The molecule has 1 saturated heterocycles. The van der Waals surface area contributed by atoms with Crippen molar-refractivity contribution in [2.75, 3.05) is 6.61 Å². The van der Waals surface area contributed by atoms with Crippen LogP contribution in [0.2, 0.25) is 0 Å². The lowest BCUT2D eigenvalue weighted by Crippen LogP contribution is -2.67. The Hall–Kier alpha value is -2.17. The Kier molecular flexibility index (Phi) is 7.73. The van der Waals surface area contributed by atoms with E-state index in [-0.39, 0.29) is 6.42 Å². The quantitative estimate of drug-likeness (QED) is 0.175. The third-order valence-electron chi connectivity index (χ3n) is 6.46. The minimum Gasteiger partial charge on any atom is -0.456 e. The highest BCUT2D eigenvalue weighted by Gasteiger charge is 2.54. The number of aromatic nitrogens is 1. The highest BCUT2D eigenvalue weighted by molar-refractivity contribution is 5.87. The Balaban J connectivity index is 1.42. The second kappa shape index (κ2) is 10.4. The molecule has 1 aromatic heterocycles. The zero-order chi connectivity index (χ0) is 25.4. The predicted molar refractivity (Wildman–Crippen MR) is 115 cm³/mol. The third kappa shape index (κ3) is 4.93. The molecular formula is C22H29NO12. The van der Waals surface area contributed by atoms with Crippen LogP contribution < -0.4 is 0 Å². The van der Waals surface area contributed by atoms with Crippen molar-refractivity contribution in [1.29, 1.82) is 0 Å². The summed E-state index contributed by atoms with van der Waals surface area (Å²) in [6.07, 6.45) is -18.0. The van der Waals surface area contributed by atoms with Crippen LogP contribution in [0.15, 0.2) is 30.5 Å². The maximum Gasteiger partial charge on any atom is 0.310 e. The molecule has 1 aliphatic carbocycles. The summed E-state index contributed by atoms with van der Waals surface area (Å²) in [6.45, 7) is -0.736. The summed E-state index contributed by atoms with van der Waals surface area (Å²) in [5, 5.41) is 82.0. The van der Waals surface area contributed by atoms with E-state index in [0.717, 1.165) is 10.9 Å². The number of fused-ring (bicyclic) bond motifs is 1. The van der Waals surface area contributed by atoms with Crippen LogP contribution in [0.3, 0.4) is 0 Å². The summed E-state index contributed by atoms with van der Waals surface area (Å²) in [5.74, 6) is -0.828. The molecule has 2 fully saturated rings. The number of ether oxygens (including phenoxy) is 3. The molecule has 0 spiro atoms. The Morgan fingerprint density at radius 3 is 2.14 bits per heavy atom. The van der Waals surface area contributed by atoms with E-state index in [1.54, 1.807) is 18.3 Å². The number of aromatic amines is 1. The van der Waals surface area contributed by atoms with Crippen LogP contribution in [0, 0.1) is 0 Å². The summed E-state index contributed by atoms with van der Waals surface area (Å²) in [5.41, 5.74) is 1.40. The average Bonchev–Trinajstić information content (AvgIpc) is 3.25. The van der Waals surface area contributed by atoms with E-state index < -0.39 is 79.9 Å². The normalized spacial score (nSPS) is 40.1. The fraction of sp³-hybridized carbons (Fsp3) is 0.591. The average molecular weight is 499 g/mol. The van der Waals surface area contributed by atoms with Gasteiger partial charge in [0.25, 0.3) is 0 Å². The Bertz CT molecular complexity index is 997. The molecule has 9 N–H and O–H groups in total. The van der Waals surface area contributed by atoms with Gasteiger partial charge in [0, 0.05) is 17.1 Å². The number of esters is 1. The number of rotatable bonds is 6. The largest absolute Gasteiger partial charge is 0.456 e. The fourth-order valence-corrected chi connectivity index (χ4v) is 4.44. The molecule has 2 unspecified atom stereocenters. The number of aliphatic hydroxyl groups is 8.